The molecule has 1 aliphatic rings. The summed E-state index contributed by atoms with van der Waals surface area (Å²) in [5, 5.41) is 3.23. The van der Waals surface area contributed by atoms with Gasteiger partial charge in [-0.25, -0.2) is 15.0 Å². The summed E-state index contributed by atoms with van der Waals surface area (Å²) in [6.07, 6.45) is 2.19. The van der Waals surface area contributed by atoms with E-state index < -0.39 is 0 Å². The van der Waals surface area contributed by atoms with Crippen molar-refractivity contribution in [3.63, 3.8) is 0 Å². The van der Waals surface area contributed by atoms with Gasteiger partial charge in [0.2, 0.25) is 5.91 Å². The summed E-state index contributed by atoms with van der Waals surface area (Å²) in [4.78, 5) is 30.0. The van der Waals surface area contributed by atoms with Crippen LogP contribution < -0.4 is 10.2 Å². The molecule has 7 heteroatoms. The molecule has 2 aromatic heterocycles. The van der Waals surface area contributed by atoms with Gasteiger partial charge in [0.1, 0.15) is 23.3 Å². The van der Waals surface area contributed by atoms with Gasteiger partial charge in [0, 0.05) is 38.4 Å². The lowest BCUT2D eigenvalue weighted by Crippen LogP contribution is -2.49. The summed E-state index contributed by atoms with van der Waals surface area (Å²) < 4.78 is 0. The number of aromatic nitrogens is 3. The first kappa shape index (κ1) is 18.9. The highest BCUT2D eigenvalue weighted by atomic mass is 16.2. The Morgan fingerprint density at radius 3 is 2.45 bits per heavy atom. The van der Waals surface area contributed by atoms with Crippen LogP contribution in [0.5, 0.6) is 0 Å². The van der Waals surface area contributed by atoms with Crippen LogP contribution >= 0.6 is 0 Å². The fourth-order valence-corrected chi connectivity index (χ4v) is 3.41. The second kappa shape index (κ2) is 8.68. The third-order valence-electron chi connectivity index (χ3n) is 4.90. The van der Waals surface area contributed by atoms with Gasteiger partial charge in [-0.15, -0.1) is 0 Å². The van der Waals surface area contributed by atoms with Crippen LogP contribution in [0.25, 0.3) is 0 Å². The summed E-state index contributed by atoms with van der Waals surface area (Å²) in [7, 11) is 0. The Morgan fingerprint density at radius 1 is 0.966 bits per heavy atom. The van der Waals surface area contributed by atoms with Crippen molar-refractivity contribution in [3.8, 4) is 0 Å². The largest absolute Gasteiger partial charge is 0.353 e. The molecule has 3 aromatic rings. The molecule has 1 N–H and O–H groups in total. The van der Waals surface area contributed by atoms with Crippen LogP contribution in [0.3, 0.4) is 0 Å². The van der Waals surface area contributed by atoms with Crippen molar-refractivity contribution in [1.82, 2.24) is 19.9 Å². The molecule has 0 unspecified atom stereocenters. The van der Waals surface area contributed by atoms with E-state index in [1.54, 1.807) is 6.20 Å². The topological polar surface area (TPSA) is 74.2 Å². The average molecular weight is 388 g/mol. The second-order valence-corrected chi connectivity index (χ2v) is 7.03. The normalized spacial score (nSPS) is 14.0. The molecule has 1 amide bonds. The lowest BCUT2D eigenvalue weighted by Gasteiger charge is -2.35. The summed E-state index contributed by atoms with van der Waals surface area (Å²) in [6, 6.07) is 17.5. The number of amides is 1. The van der Waals surface area contributed by atoms with Crippen LogP contribution in [-0.2, 0) is 11.2 Å². The number of anilines is 3. The molecule has 7 nitrogen and oxygen atoms in total. The van der Waals surface area contributed by atoms with Crippen LogP contribution in [0.2, 0.25) is 0 Å². The number of nitrogens with zero attached hydrogens (tertiary/aromatic N) is 5. The maximum absolute atomic E-state index is 12.6. The van der Waals surface area contributed by atoms with Crippen LogP contribution in [0, 0.1) is 6.92 Å². The molecule has 0 aliphatic carbocycles. The zero-order valence-electron chi connectivity index (χ0n) is 16.5. The smallest absolute Gasteiger partial charge is 0.227 e. The van der Waals surface area contributed by atoms with E-state index in [1.807, 2.05) is 66.4 Å². The van der Waals surface area contributed by atoms with Gasteiger partial charge in [0.25, 0.3) is 0 Å². The van der Waals surface area contributed by atoms with E-state index in [4.69, 9.17) is 0 Å². The quantitative estimate of drug-likeness (QED) is 0.725. The Hall–Kier alpha value is -3.48. The number of piperazine rings is 1. The van der Waals surface area contributed by atoms with Gasteiger partial charge < -0.3 is 15.1 Å². The van der Waals surface area contributed by atoms with Gasteiger partial charge in [-0.3, -0.25) is 4.79 Å². The number of carbonyl (C=O) groups is 1. The Labute approximate surface area is 170 Å². The highest BCUT2D eigenvalue weighted by Gasteiger charge is 2.22. The van der Waals surface area contributed by atoms with Crippen LogP contribution in [0.15, 0.2) is 60.8 Å². The van der Waals surface area contributed by atoms with Gasteiger partial charge >= 0.3 is 0 Å². The number of carbonyl (C=O) groups excluding carboxylic acids is 1. The molecule has 1 saturated heterocycles. The van der Waals surface area contributed by atoms with Crippen molar-refractivity contribution in [2.45, 2.75) is 13.3 Å². The van der Waals surface area contributed by atoms with Crippen LogP contribution in [0.1, 0.15) is 11.4 Å². The number of aryl methyl sites for hydroxylation is 1. The number of hydrogen-bond donors (Lipinski definition) is 1. The molecule has 0 radical (unpaired) electrons. The van der Waals surface area contributed by atoms with Gasteiger partial charge in [-0.2, -0.15) is 0 Å². The van der Waals surface area contributed by atoms with Gasteiger partial charge in [-0.05, 0) is 24.6 Å². The maximum Gasteiger partial charge on any atom is 0.227 e. The van der Waals surface area contributed by atoms with E-state index in [2.05, 4.69) is 25.2 Å². The highest BCUT2D eigenvalue weighted by Crippen LogP contribution is 2.20. The zero-order valence-corrected chi connectivity index (χ0v) is 16.5. The van der Waals surface area contributed by atoms with Crippen molar-refractivity contribution in [1.29, 1.82) is 0 Å². The Bertz CT molecular complexity index is 956. The van der Waals surface area contributed by atoms with Crippen molar-refractivity contribution >= 4 is 23.4 Å². The van der Waals surface area contributed by atoms with Crippen LogP contribution in [-0.4, -0.2) is 51.9 Å². The minimum absolute atomic E-state index is 0.173. The molecular weight excluding hydrogens is 364 g/mol. The first-order valence-corrected chi connectivity index (χ1v) is 9.78. The Morgan fingerprint density at radius 2 is 1.72 bits per heavy atom. The first-order chi connectivity index (χ1) is 14.2. The molecule has 0 bridgehead atoms. The van der Waals surface area contributed by atoms with E-state index >= 15 is 0 Å². The predicted molar refractivity (Wildman–Crippen MR) is 113 cm³/mol. The molecule has 1 aromatic carbocycles. The van der Waals surface area contributed by atoms with Crippen molar-refractivity contribution in [2.24, 2.45) is 0 Å². The lowest BCUT2D eigenvalue weighted by atomic mass is 10.1. The fraction of sp³-hybridized carbons (Fsp3) is 0.273. The number of benzene rings is 1. The highest BCUT2D eigenvalue weighted by molar-refractivity contribution is 5.79. The molecule has 0 atom stereocenters. The Balaban J connectivity index is 1.38. The third-order valence-corrected chi connectivity index (χ3v) is 4.90. The van der Waals surface area contributed by atoms with Crippen LogP contribution in [0.4, 0.5) is 17.5 Å². The molecule has 0 spiro atoms. The van der Waals surface area contributed by atoms with E-state index in [9.17, 15) is 4.79 Å². The van der Waals surface area contributed by atoms with E-state index in [0.29, 0.717) is 31.2 Å². The van der Waals surface area contributed by atoms with Gasteiger partial charge in [0.05, 0.1) is 6.42 Å². The summed E-state index contributed by atoms with van der Waals surface area (Å²) in [5.74, 6) is 3.20. The molecule has 4 rings (SSSR count). The lowest BCUT2D eigenvalue weighted by molar-refractivity contribution is -0.130. The van der Waals surface area contributed by atoms with E-state index in [0.717, 1.165) is 30.3 Å². The SMILES string of the molecule is Cc1nc(Nc2ccccn2)cc(N2CCN(C(=O)Cc3ccccc3)CC2)n1. The van der Waals surface area contributed by atoms with Gasteiger partial charge in [0.15, 0.2) is 0 Å². The Kier molecular flexibility index (Phi) is 5.65. The minimum atomic E-state index is 0.173. The number of hydrogen-bond acceptors (Lipinski definition) is 6. The molecule has 1 fully saturated rings. The molecule has 29 heavy (non-hydrogen) atoms. The average Bonchev–Trinajstić information content (AvgIpc) is 2.75. The fourth-order valence-electron chi connectivity index (χ4n) is 3.41. The van der Waals surface area contributed by atoms with Gasteiger partial charge in [-0.1, -0.05) is 36.4 Å². The van der Waals surface area contributed by atoms with E-state index in [1.165, 1.54) is 0 Å². The maximum atomic E-state index is 12.6. The summed E-state index contributed by atoms with van der Waals surface area (Å²) in [5.41, 5.74) is 1.05. The monoisotopic (exact) mass is 388 g/mol. The first-order valence-electron chi connectivity index (χ1n) is 9.78. The van der Waals surface area contributed by atoms with Crippen molar-refractivity contribution in [3.05, 3.63) is 72.2 Å². The summed E-state index contributed by atoms with van der Waals surface area (Å²) >= 11 is 0. The molecule has 0 saturated carbocycles. The molecular formula is C22H24N6O. The molecule has 1 aliphatic heterocycles. The third kappa shape index (κ3) is 4.87. The van der Waals surface area contributed by atoms with Crippen molar-refractivity contribution in [2.75, 3.05) is 36.4 Å². The molecule has 3 heterocycles. The number of rotatable bonds is 5. The standard InChI is InChI=1S/C22H24N6O/c1-17-24-20(26-19-9-5-6-10-23-19)16-21(25-17)27-11-13-28(14-12-27)22(29)15-18-7-3-2-4-8-18/h2-10,16H,11-15H2,1H3,(H,23,24,25,26). The zero-order chi connectivity index (χ0) is 20.1. The summed E-state index contributed by atoms with van der Waals surface area (Å²) in [6.45, 7) is 4.77. The number of nitrogens with one attached hydrogen (secondary N) is 1. The predicted octanol–water partition coefficient (Wildman–Crippen LogP) is 2.81. The molecule has 148 valence electrons. The van der Waals surface area contributed by atoms with E-state index in [-0.39, 0.29) is 5.91 Å². The minimum Gasteiger partial charge on any atom is -0.353 e. The number of pyridine rings is 1. The second-order valence-electron chi connectivity index (χ2n) is 7.03. The van der Waals surface area contributed by atoms with Crippen molar-refractivity contribution < 1.29 is 4.79 Å².